The molecule has 0 unspecified atom stereocenters. The third kappa shape index (κ3) is 1.85. The van der Waals surface area contributed by atoms with Gasteiger partial charge in [-0.15, -0.1) is 0 Å². The van der Waals surface area contributed by atoms with Crippen molar-refractivity contribution in [1.29, 1.82) is 0 Å². The zero-order valence-corrected chi connectivity index (χ0v) is 10.5. The molecule has 1 aromatic heterocycles. The molecule has 0 N–H and O–H groups in total. The molecule has 0 spiro atoms. The number of rotatable bonds is 2. The second-order valence-electron chi connectivity index (χ2n) is 3.62. The normalized spacial score (nSPS) is 10.6. The Kier molecular flexibility index (Phi) is 2.98. The van der Waals surface area contributed by atoms with Crippen LogP contribution in [0.3, 0.4) is 0 Å². The van der Waals surface area contributed by atoms with Crippen LogP contribution in [-0.4, -0.2) is 24.8 Å². The van der Waals surface area contributed by atoms with E-state index in [0.717, 1.165) is 10.9 Å². The first-order valence-corrected chi connectivity index (χ1v) is 5.37. The molecule has 4 nitrogen and oxygen atoms in total. The van der Waals surface area contributed by atoms with Gasteiger partial charge >= 0.3 is 5.97 Å². The van der Waals surface area contributed by atoms with Crippen molar-refractivity contribution in [2.75, 3.05) is 14.2 Å². The van der Waals surface area contributed by atoms with Gasteiger partial charge in [0.15, 0.2) is 0 Å². The van der Waals surface area contributed by atoms with E-state index >= 15 is 0 Å². The van der Waals surface area contributed by atoms with Gasteiger partial charge in [-0.1, -0.05) is 11.6 Å². The summed E-state index contributed by atoms with van der Waals surface area (Å²) >= 11 is 6.13. The SMILES string of the molecule is COC(=O)c1cc2c(Cl)cc(OC)cc2n1C. The summed E-state index contributed by atoms with van der Waals surface area (Å²) in [5.41, 5.74) is 1.28. The Labute approximate surface area is 104 Å². The number of esters is 1. The lowest BCUT2D eigenvalue weighted by Crippen LogP contribution is -2.06. The van der Waals surface area contributed by atoms with Crippen LogP contribution in [0.4, 0.5) is 0 Å². The number of methoxy groups -OCH3 is 2. The van der Waals surface area contributed by atoms with Crippen molar-refractivity contribution in [2.45, 2.75) is 0 Å². The molecule has 0 saturated heterocycles. The molecule has 0 amide bonds. The summed E-state index contributed by atoms with van der Waals surface area (Å²) in [6, 6.07) is 5.25. The molecule has 1 aromatic carbocycles. The lowest BCUT2D eigenvalue weighted by molar-refractivity contribution is 0.0590. The summed E-state index contributed by atoms with van der Waals surface area (Å²) < 4.78 is 11.6. The summed E-state index contributed by atoms with van der Waals surface area (Å²) in [6.07, 6.45) is 0. The summed E-state index contributed by atoms with van der Waals surface area (Å²) in [5, 5.41) is 1.35. The monoisotopic (exact) mass is 253 g/mol. The molecular formula is C12H12ClNO3. The number of carbonyl (C=O) groups is 1. The van der Waals surface area contributed by atoms with Gasteiger partial charge in [0.25, 0.3) is 0 Å². The Morgan fingerprint density at radius 2 is 2.00 bits per heavy atom. The summed E-state index contributed by atoms with van der Waals surface area (Å²) in [7, 11) is 4.70. The van der Waals surface area contributed by atoms with E-state index in [4.69, 9.17) is 21.1 Å². The van der Waals surface area contributed by atoms with Crippen LogP contribution in [0.5, 0.6) is 5.75 Å². The number of ether oxygens (including phenoxy) is 2. The Balaban J connectivity index is 2.73. The minimum absolute atomic E-state index is 0.390. The second kappa shape index (κ2) is 4.30. The van der Waals surface area contributed by atoms with Crippen molar-refractivity contribution < 1.29 is 14.3 Å². The van der Waals surface area contributed by atoms with Crippen molar-refractivity contribution in [2.24, 2.45) is 7.05 Å². The van der Waals surface area contributed by atoms with Gasteiger partial charge in [0.1, 0.15) is 11.4 Å². The molecule has 1 heterocycles. The van der Waals surface area contributed by atoms with Gasteiger partial charge in [-0.25, -0.2) is 4.79 Å². The topological polar surface area (TPSA) is 40.5 Å². The van der Waals surface area contributed by atoms with Gasteiger partial charge in [-0.05, 0) is 12.1 Å². The highest BCUT2D eigenvalue weighted by Crippen LogP contribution is 2.31. The van der Waals surface area contributed by atoms with Crippen LogP contribution in [0.1, 0.15) is 10.5 Å². The summed E-state index contributed by atoms with van der Waals surface area (Å²) in [6.45, 7) is 0. The molecule has 0 aliphatic carbocycles. The number of carbonyl (C=O) groups excluding carboxylic acids is 1. The molecule has 0 fully saturated rings. The molecule has 0 aliphatic rings. The minimum atomic E-state index is -0.390. The predicted molar refractivity (Wildman–Crippen MR) is 65.8 cm³/mol. The minimum Gasteiger partial charge on any atom is -0.497 e. The van der Waals surface area contributed by atoms with Crippen molar-refractivity contribution in [3.05, 3.63) is 28.9 Å². The molecule has 17 heavy (non-hydrogen) atoms. The van der Waals surface area contributed by atoms with E-state index in [1.807, 2.05) is 6.07 Å². The predicted octanol–water partition coefficient (Wildman–Crippen LogP) is 2.63. The lowest BCUT2D eigenvalue weighted by atomic mass is 10.2. The van der Waals surface area contributed by atoms with Crippen LogP contribution < -0.4 is 4.74 Å². The molecule has 0 radical (unpaired) electrons. The Hall–Kier alpha value is -1.68. The average molecular weight is 254 g/mol. The fourth-order valence-electron chi connectivity index (χ4n) is 1.78. The fourth-order valence-corrected chi connectivity index (χ4v) is 2.04. The average Bonchev–Trinajstić information content (AvgIpc) is 2.67. The first kappa shape index (κ1) is 11.8. The van der Waals surface area contributed by atoms with Gasteiger partial charge in [0.2, 0.25) is 0 Å². The van der Waals surface area contributed by atoms with E-state index < -0.39 is 5.97 Å². The van der Waals surface area contributed by atoms with E-state index in [2.05, 4.69) is 0 Å². The summed E-state index contributed by atoms with van der Waals surface area (Å²) in [5.74, 6) is 0.263. The highest BCUT2D eigenvalue weighted by Gasteiger charge is 2.16. The molecule has 0 saturated carbocycles. The van der Waals surface area contributed by atoms with Gasteiger partial charge in [0, 0.05) is 18.5 Å². The van der Waals surface area contributed by atoms with Crippen LogP contribution in [0.15, 0.2) is 18.2 Å². The Morgan fingerprint density at radius 1 is 1.29 bits per heavy atom. The highest BCUT2D eigenvalue weighted by molar-refractivity contribution is 6.35. The number of nitrogens with zero attached hydrogens (tertiary/aromatic N) is 1. The number of halogens is 1. The Morgan fingerprint density at radius 3 is 2.59 bits per heavy atom. The number of aromatic nitrogens is 1. The second-order valence-corrected chi connectivity index (χ2v) is 4.03. The molecule has 90 valence electrons. The maximum Gasteiger partial charge on any atom is 0.354 e. The Bertz CT molecular complexity index is 589. The van der Waals surface area contributed by atoms with Gasteiger partial charge in [-0.2, -0.15) is 0 Å². The first-order valence-electron chi connectivity index (χ1n) is 4.99. The largest absolute Gasteiger partial charge is 0.497 e. The number of fused-ring (bicyclic) bond motifs is 1. The van der Waals surface area contributed by atoms with Crippen molar-refractivity contribution in [1.82, 2.24) is 4.57 Å². The molecular weight excluding hydrogens is 242 g/mol. The van der Waals surface area contributed by atoms with Crippen LogP contribution >= 0.6 is 11.6 Å². The van der Waals surface area contributed by atoms with E-state index in [0.29, 0.717) is 16.5 Å². The number of benzene rings is 1. The molecule has 0 atom stereocenters. The molecule has 2 aromatic rings. The number of hydrogen-bond donors (Lipinski definition) is 0. The number of aryl methyl sites for hydroxylation is 1. The zero-order valence-electron chi connectivity index (χ0n) is 9.78. The first-order chi connectivity index (χ1) is 8.08. The van der Waals surface area contributed by atoms with Crippen LogP contribution in [0, 0.1) is 0 Å². The third-order valence-electron chi connectivity index (χ3n) is 2.72. The van der Waals surface area contributed by atoms with Crippen molar-refractivity contribution in [3.8, 4) is 5.75 Å². The molecule has 0 bridgehead atoms. The lowest BCUT2D eigenvalue weighted by Gasteiger charge is -2.04. The van der Waals surface area contributed by atoms with Gasteiger partial charge in [-0.3, -0.25) is 0 Å². The van der Waals surface area contributed by atoms with Gasteiger partial charge < -0.3 is 14.0 Å². The number of hydrogen-bond acceptors (Lipinski definition) is 3. The maximum atomic E-state index is 11.6. The van der Waals surface area contributed by atoms with Crippen molar-refractivity contribution >= 4 is 28.5 Å². The standard InChI is InChI=1S/C12H12ClNO3/c1-14-10-5-7(16-2)4-9(13)8(10)6-11(14)12(15)17-3/h4-6H,1-3H3. The third-order valence-corrected chi connectivity index (χ3v) is 3.03. The summed E-state index contributed by atoms with van der Waals surface area (Å²) in [4.78, 5) is 11.6. The van der Waals surface area contributed by atoms with E-state index in [9.17, 15) is 4.79 Å². The van der Waals surface area contributed by atoms with E-state index in [1.54, 1.807) is 30.9 Å². The highest BCUT2D eigenvalue weighted by atomic mass is 35.5. The maximum absolute atomic E-state index is 11.6. The van der Waals surface area contributed by atoms with E-state index in [-0.39, 0.29) is 0 Å². The van der Waals surface area contributed by atoms with Crippen LogP contribution in [-0.2, 0) is 11.8 Å². The fraction of sp³-hybridized carbons (Fsp3) is 0.250. The zero-order chi connectivity index (χ0) is 12.6. The van der Waals surface area contributed by atoms with Crippen LogP contribution in [0.2, 0.25) is 5.02 Å². The molecule has 5 heteroatoms. The quantitative estimate of drug-likeness (QED) is 0.773. The van der Waals surface area contributed by atoms with Crippen LogP contribution in [0.25, 0.3) is 10.9 Å². The van der Waals surface area contributed by atoms with Crippen molar-refractivity contribution in [3.63, 3.8) is 0 Å². The smallest absolute Gasteiger partial charge is 0.354 e. The van der Waals surface area contributed by atoms with E-state index in [1.165, 1.54) is 7.11 Å². The molecule has 0 aliphatic heterocycles. The van der Waals surface area contributed by atoms with Gasteiger partial charge in [0.05, 0.1) is 24.8 Å². The molecule has 2 rings (SSSR count).